The lowest BCUT2D eigenvalue weighted by Gasteiger charge is -1.93. The Balaban J connectivity index is 3.20. The predicted molar refractivity (Wildman–Crippen MR) is 40.0 cm³/mol. The number of hydrogen-bond donors (Lipinski definition) is 2. The third-order valence-electron chi connectivity index (χ3n) is 1.20. The Kier molecular flexibility index (Phi) is 1.89. The van der Waals surface area contributed by atoms with Gasteiger partial charge in [-0.2, -0.15) is 0 Å². The molecule has 3 nitrogen and oxygen atoms in total. The van der Waals surface area contributed by atoms with Crippen molar-refractivity contribution in [2.75, 3.05) is 0 Å². The third kappa shape index (κ3) is 1.07. The fraction of sp³-hybridized carbons (Fsp3) is 0. The fourth-order valence-electron chi connectivity index (χ4n) is 0.669. The molecule has 0 atom stereocenters. The smallest absolute Gasteiger partial charge is 0.0362 e. The molecule has 0 unspecified atom stereocenters. The lowest BCUT2D eigenvalue weighted by atomic mass is 10.2. The van der Waals surface area contributed by atoms with Gasteiger partial charge in [-0.05, 0) is 6.07 Å². The van der Waals surface area contributed by atoms with Crippen LogP contribution in [-0.2, 0) is 0 Å². The molecule has 0 spiro atoms. The zero-order valence-electron chi connectivity index (χ0n) is 5.33. The summed E-state index contributed by atoms with van der Waals surface area (Å²) >= 11 is 0. The Bertz CT molecular complexity index is 228. The molecule has 0 bridgehead atoms. The molecule has 2 N–H and O–H groups in total. The minimum atomic E-state index is 0.678. The first kappa shape index (κ1) is 6.61. The summed E-state index contributed by atoms with van der Waals surface area (Å²) in [6.45, 7) is 0. The Morgan fingerprint density at radius 3 is 2.40 bits per heavy atom. The highest BCUT2D eigenvalue weighted by molar-refractivity contribution is 5.91. The van der Waals surface area contributed by atoms with Crippen LogP contribution in [0.25, 0.3) is 0 Å². The first-order valence-electron chi connectivity index (χ1n) is 2.83. The van der Waals surface area contributed by atoms with Gasteiger partial charge in [0, 0.05) is 35.9 Å². The van der Waals surface area contributed by atoms with E-state index in [1.165, 1.54) is 12.4 Å². The van der Waals surface area contributed by atoms with Gasteiger partial charge in [-0.15, -0.1) is 0 Å². The zero-order valence-corrected chi connectivity index (χ0v) is 5.33. The predicted octanol–water partition coefficient (Wildman–Crippen LogP) is 1.08. The summed E-state index contributed by atoms with van der Waals surface area (Å²) in [5.74, 6) is 0. The molecule has 0 saturated heterocycles. The first-order chi connectivity index (χ1) is 4.88. The van der Waals surface area contributed by atoms with Gasteiger partial charge in [0.15, 0.2) is 0 Å². The second-order valence-electron chi connectivity index (χ2n) is 1.79. The Morgan fingerprint density at radius 1 is 1.20 bits per heavy atom. The molecule has 0 amide bonds. The third-order valence-corrected chi connectivity index (χ3v) is 1.20. The van der Waals surface area contributed by atoms with Crippen molar-refractivity contribution in [2.45, 2.75) is 0 Å². The number of nitrogens with zero attached hydrogens (tertiary/aromatic N) is 1. The van der Waals surface area contributed by atoms with Gasteiger partial charge in [0.25, 0.3) is 0 Å². The molecule has 1 aromatic heterocycles. The molecule has 0 saturated carbocycles. The van der Waals surface area contributed by atoms with Crippen molar-refractivity contribution in [3.63, 3.8) is 0 Å². The first-order valence-corrected chi connectivity index (χ1v) is 2.83. The summed E-state index contributed by atoms with van der Waals surface area (Å²) in [4.78, 5) is 3.81. The van der Waals surface area contributed by atoms with E-state index in [9.17, 15) is 0 Å². The van der Waals surface area contributed by atoms with E-state index in [2.05, 4.69) is 4.98 Å². The van der Waals surface area contributed by atoms with Gasteiger partial charge >= 0.3 is 0 Å². The molecule has 50 valence electrons. The zero-order chi connectivity index (χ0) is 7.40. The molecule has 0 fully saturated rings. The van der Waals surface area contributed by atoms with E-state index in [1.54, 1.807) is 18.5 Å². The lowest BCUT2D eigenvalue weighted by Crippen LogP contribution is -1.90. The maximum atomic E-state index is 6.93. The van der Waals surface area contributed by atoms with E-state index in [0.29, 0.717) is 5.56 Å². The van der Waals surface area contributed by atoms with E-state index < -0.39 is 0 Å². The van der Waals surface area contributed by atoms with Gasteiger partial charge in [0.1, 0.15) is 0 Å². The molecule has 1 aromatic rings. The van der Waals surface area contributed by atoms with Crippen molar-refractivity contribution in [1.82, 2.24) is 4.98 Å². The van der Waals surface area contributed by atoms with Crippen molar-refractivity contribution in [1.29, 1.82) is 10.8 Å². The van der Waals surface area contributed by atoms with E-state index in [0.717, 1.165) is 5.56 Å². The molecule has 0 radical (unpaired) electrons. The quantitative estimate of drug-likeness (QED) is 0.582. The van der Waals surface area contributed by atoms with Crippen LogP contribution in [0.3, 0.4) is 0 Å². The standard InChI is InChI=1S/C7H7N3/c8-3-6-1-2-10-5-7(6)4-9/h1-5,8-9H. The summed E-state index contributed by atoms with van der Waals surface area (Å²) in [5, 5.41) is 13.9. The topological polar surface area (TPSA) is 60.6 Å². The van der Waals surface area contributed by atoms with Crippen LogP contribution >= 0.6 is 0 Å². The maximum absolute atomic E-state index is 6.93. The molecule has 1 rings (SSSR count). The number of pyridine rings is 1. The molecule has 1 heterocycles. The van der Waals surface area contributed by atoms with Gasteiger partial charge in [-0.3, -0.25) is 4.98 Å². The maximum Gasteiger partial charge on any atom is 0.0362 e. The van der Waals surface area contributed by atoms with Crippen LogP contribution in [0.5, 0.6) is 0 Å². The summed E-state index contributed by atoms with van der Waals surface area (Å²) in [6, 6.07) is 1.70. The van der Waals surface area contributed by atoms with Crippen molar-refractivity contribution in [2.24, 2.45) is 0 Å². The van der Waals surface area contributed by atoms with Gasteiger partial charge in [0.05, 0.1) is 0 Å². The summed E-state index contributed by atoms with van der Waals surface area (Å²) in [6.07, 6.45) is 5.57. The number of hydrogen-bond acceptors (Lipinski definition) is 3. The van der Waals surface area contributed by atoms with Crippen LogP contribution in [0.1, 0.15) is 11.1 Å². The van der Waals surface area contributed by atoms with Crippen molar-refractivity contribution in [3.05, 3.63) is 29.6 Å². The van der Waals surface area contributed by atoms with E-state index >= 15 is 0 Å². The van der Waals surface area contributed by atoms with Crippen LogP contribution in [-0.4, -0.2) is 17.4 Å². The highest BCUT2D eigenvalue weighted by Gasteiger charge is 1.92. The monoisotopic (exact) mass is 133 g/mol. The number of aromatic nitrogens is 1. The average molecular weight is 133 g/mol. The van der Waals surface area contributed by atoms with E-state index in [4.69, 9.17) is 10.8 Å². The largest absolute Gasteiger partial charge is 0.308 e. The fourth-order valence-corrected chi connectivity index (χ4v) is 0.669. The molecular weight excluding hydrogens is 126 g/mol. The molecule has 10 heavy (non-hydrogen) atoms. The minimum Gasteiger partial charge on any atom is -0.308 e. The minimum absolute atomic E-state index is 0.678. The molecule has 3 heteroatoms. The summed E-state index contributed by atoms with van der Waals surface area (Å²) < 4.78 is 0. The van der Waals surface area contributed by atoms with Crippen molar-refractivity contribution >= 4 is 12.4 Å². The Morgan fingerprint density at radius 2 is 1.90 bits per heavy atom. The second-order valence-corrected chi connectivity index (χ2v) is 1.79. The van der Waals surface area contributed by atoms with Crippen LogP contribution in [0, 0.1) is 10.8 Å². The lowest BCUT2D eigenvalue weighted by molar-refractivity contribution is 1.31. The van der Waals surface area contributed by atoms with Crippen LogP contribution < -0.4 is 0 Å². The van der Waals surface area contributed by atoms with Crippen LogP contribution in [0.2, 0.25) is 0 Å². The summed E-state index contributed by atoms with van der Waals surface area (Å²) in [7, 11) is 0. The average Bonchev–Trinajstić information content (AvgIpc) is 2.04. The Labute approximate surface area is 58.8 Å². The number of rotatable bonds is 2. The van der Waals surface area contributed by atoms with Crippen molar-refractivity contribution < 1.29 is 0 Å². The molecule has 0 aliphatic heterocycles. The van der Waals surface area contributed by atoms with Crippen LogP contribution in [0.4, 0.5) is 0 Å². The Hall–Kier alpha value is -1.51. The molecule has 0 aliphatic rings. The number of nitrogens with one attached hydrogen (secondary N) is 2. The molecule has 0 aliphatic carbocycles. The van der Waals surface area contributed by atoms with Crippen LogP contribution in [0.15, 0.2) is 18.5 Å². The van der Waals surface area contributed by atoms with Crippen molar-refractivity contribution in [3.8, 4) is 0 Å². The van der Waals surface area contributed by atoms with Gasteiger partial charge in [-0.1, -0.05) is 0 Å². The molecular formula is C7H7N3. The van der Waals surface area contributed by atoms with Gasteiger partial charge in [0.2, 0.25) is 0 Å². The normalized spacial score (nSPS) is 8.80. The molecule has 0 aromatic carbocycles. The van der Waals surface area contributed by atoms with E-state index in [-0.39, 0.29) is 0 Å². The van der Waals surface area contributed by atoms with Gasteiger partial charge in [-0.25, -0.2) is 0 Å². The highest BCUT2D eigenvalue weighted by atomic mass is 14.6. The van der Waals surface area contributed by atoms with Gasteiger partial charge < -0.3 is 10.8 Å². The second kappa shape index (κ2) is 2.87. The SMILES string of the molecule is N=Cc1ccncc1C=N. The van der Waals surface area contributed by atoms with E-state index in [1.807, 2.05) is 0 Å². The summed E-state index contributed by atoms with van der Waals surface area (Å²) in [5.41, 5.74) is 1.41. The highest BCUT2D eigenvalue weighted by Crippen LogP contribution is 1.98.